The Balaban J connectivity index is 0. The Bertz CT molecular complexity index is 78.7. The zero-order valence-electron chi connectivity index (χ0n) is 7.91. The molecule has 0 atom stereocenters. The third-order valence-electron chi connectivity index (χ3n) is 0.820. The number of aldehydes is 1. The predicted octanol–water partition coefficient (Wildman–Crippen LogP) is 0.203. The van der Waals surface area contributed by atoms with Crippen LogP contribution in [0.4, 0.5) is 0 Å². The quantitative estimate of drug-likeness (QED) is 0.446. The molecule has 12 heavy (non-hydrogen) atoms. The molecule has 0 saturated carbocycles. The van der Waals surface area contributed by atoms with Crippen molar-refractivity contribution in [3.63, 3.8) is 0 Å². The van der Waals surface area contributed by atoms with Gasteiger partial charge in [0, 0.05) is 6.54 Å². The summed E-state index contributed by atoms with van der Waals surface area (Å²) in [6, 6.07) is 0. The number of ether oxygens (including phenoxy) is 2. The molecule has 0 heterocycles. The zero-order valence-corrected chi connectivity index (χ0v) is 7.91. The number of carbonyl (C=O) groups is 1. The van der Waals surface area contributed by atoms with Gasteiger partial charge in [-0.3, -0.25) is 0 Å². The predicted molar refractivity (Wildman–Crippen MR) is 48.1 cm³/mol. The molecule has 4 heteroatoms. The minimum atomic E-state index is 0.145. The molecule has 4 nitrogen and oxygen atoms in total. The van der Waals surface area contributed by atoms with Gasteiger partial charge >= 0.3 is 0 Å². The molecular formula is C8H19NO3. The first-order chi connectivity index (χ1) is 5.91. The maximum Gasteiger partial charge on any atom is 0.145 e. The van der Waals surface area contributed by atoms with Crippen LogP contribution in [0.2, 0.25) is 0 Å². The average molecular weight is 177 g/mol. The van der Waals surface area contributed by atoms with E-state index in [2.05, 4.69) is 0 Å². The van der Waals surface area contributed by atoms with Gasteiger partial charge < -0.3 is 20.0 Å². The summed E-state index contributed by atoms with van der Waals surface area (Å²) in [6.45, 7) is 6.17. The molecule has 0 radical (unpaired) electrons. The Morgan fingerprint density at radius 3 is 2.25 bits per heavy atom. The summed E-state index contributed by atoms with van der Waals surface area (Å²) in [6.07, 6.45) is 0.711. The summed E-state index contributed by atoms with van der Waals surface area (Å²) >= 11 is 0. The lowest BCUT2D eigenvalue weighted by Crippen LogP contribution is -2.12. The monoisotopic (exact) mass is 177 g/mol. The van der Waals surface area contributed by atoms with Crippen molar-refractivity contribution in [3.05, 3.63) is 0 Å². The van der Waals surface area contributed by atoms with Crippen LogP contribution >= 0.6 is 0 Å². The molecule has 0 aromatic carbocycles. The number of rotatable bonds is 7. The van der Waals surface area contributed by atoms with Crippen LogP contribution < -0.4 is 5.73 Å². The van der Waals surface area contributed by atoms with Crippen molar-refractivity contribution < 1.29 is 14.3 Å². The molecule has 0 spiro atoms. The molecule has 0 amide bonds. The smallest absolute Gasteiger partial charge is 0.145 e. The highest BCUT2D eigenvalue weighted by atomic mass is 16.5. The van der Waals surface area contributed by atoms with E-state index < -0.39 is 0 Å². The van der Waals surface area contributed by atoms with Gasteiger partial charge in [0.15, 0.2) is 0 Å². The van der Waals surface area contributed by atoms with Crippen LogP contribution in [0, 0.1) is 0 Å². The Morgan fingerprint density at radius 1 is 1.17 bits per heavy atom. The maximum atomic E-state index is 9.71. The molecule has 0 bridgehead atoms. The normalized spacial score (nSPS) is 8.58. The summed E-state index contributed by atoms with van der Waals surface area (Å²) in [5.74, 6) is 0. The summed E-state index contributed by atoms with van der Waals surface area (Å²) < 4.78 is 9.76. The lowest BCUT2D eigenvalue weighted by molar-refractivity contribution is -0.112. The first kappa shape index (κ1) is 14.1. The Hall–Kier alpha value is -0.450. The van der Waals surface area contributed by atoms with Crippen LogP contribution in [-0.2, 0) is 14.3 Å². The highest BCUT2D eigenvalue weighted by Gasteiger charge is 1.85. The molecule has 0 aliphatic carbocycles. The van der Waals surface area contributed by atoms with E-state index in [-0.39, 0.29) is 6.61 Å². The minimum Gasteiger partial charge on any atom is -0.378 e. The fraction of sp³-hybridized carbons (Fsp3) is 0.875. The van der Waals surface area contributed by atoms with Gasteiger partial charge in [0.25, 0.3) is 0 Å². The van der Waals surface area contributed by atoms with E-state index in [1.54, 1.807) is 0 Å². The second-order valence-electron chi connectivity index (χ2n) is 1.64. The van der Waals surface area contributed by atoms with Gasteiger partial charge in [0.05, 0.1) is 19.8 Å². The summed E-state index contributed by atoms with van der Waals surface area (Å²) in [5, 5.41) is 0. The van der Waals surface area contributed by atoms with Crippen molar-refractivity contribution in [2.24, 2.45) is 5.73 Å². The van der Waals surface area contributed by atoms with Gasteiger partial charge in [0.1, 0.15) is 12.9 Å². The van der Waals surface area contributed by atoms with E-state index in [1.165, 1.54) is 0 Å². The largest absolute Gasteiger partial charge is 0.378 e. The van der Waals surface area contributed by atoms with Gasteiger partial charge in [-0.2, -0.15) is 0 Å². The topological polar surface area (TPSA) is 61.6 Å². The third-order valence-corrected chi connectivity index (χ3v) is 0.820. The highest BCUT2D eigenvalue weighted by Crippen LogP contribution is 1.74. The standard InChI is InChI=1S/C6H13NO3.C2H6/c7-1-3-9-5-6-10-4-2-8;1-2/h2H,1,3-7H2;1-2H3. The lowest BCUT2D eigenvalue weighted by atomic mass is 10.7. The van der Waals surface area contributed by atoms with E-state index in [0.29, 0.717) is 32.7 Å². The lowest BCUT2D eigenvalue weighted by Gasteiger charge is -2.00. The van der Waals surface area contributed by atoms with Crippen LogP contribution in [0.25, 0.3) is 0 Å². The van der Waals surface area contributed by atoms with Crippen molar-refractivity contribution in [3.8, 4) is 0 Å². The van der Waals surface area contributed by atoms with Gasteiger partial charge in [-0.1, -0.05) is 13.8 Å². The van der Waals surface area contributed by atoms with E-state index in [9.17, 15) is 4.79 Å². The van der Waals surface area contributed by atoms with Crippen molar-refractivity contribution >= 4 is 6.29 Å². The van der Waals surface area contributed by atoms with E-state index in [1.807, 2.05) is 13.8 Å². The zero-order chi connectivity index (χ0) is 9.66. The second kappa shape index (κ2) is 16.9. The molecule has 0 fully saturated rings. The minimum absolute atomic E-state index is 0.145. The number of carbonyl (C=O) groups excluding carboxylic acids is 1. The van der Waals surface area contributed by atoms with E-state index in [0.717, 1.165) is 0 Å². The highest BCUT2D eigenvalue weighted by molar-refractivity contribution is 5.50. The Labute approximate surface area is 74.0 Å². The molecule has 0 aromatic heterocycles. The van der Waals surface area contributed by atoms with Gasteiger partial charge in [-0.15, -0.1) is 0 Å². The molecule has 0 unspecified atom stereocenters. The summed E-state index contributed by atoms with van der Waals surface area (Å²) in [5.41, 5.74) is 5.15. The molecule has 74 valence electrons. The molecular weight excluding hydrogens is 158 g/mol. The van der Waals surface area contributed by atoms with Crippen molar-refractivity contribution in [2.75, 3.05) is 33.0 Å². The van der Waals surface area contributed by atoms with Crippen molar-refractivity contribution in [1.29, 1.82) is 0 Å². The fourth-order valence-corrected chi connectivity index (χ4v) is 0.435. The van der Waals surface area contributed by atoms with Gasteiger partial charge in [-0.25, -0.2) is 0 Å². The third kappa shape index (κ3) is 16.3. The van der Waals surface area contributed by atoms with Crippen LogP contribution in [-0.4, -0.2) is 39.3 Å². The molecule has 0 aliphatic rings. The van der Waals surface area contributed by atoms with Crippen molar-refractivity contribution in [2.45, 2.75) is 13.8 Å². The SMILES string of the molecule is CC.NCCOCCOCC=O. The molecule has 2 N–H and O–H groups in total. The second-order valence-corrected chi connectivity index (χ2v) is 1.64. The molecule has 0 aromatic rings. The molecule has 0 saturated heterocycles. The van der Waals surface area contributed by atoms with E-state index >= 15 is 0 Å². The fourth-order valence-electron chi connectivity index (χ4n) is 0.435. The van der Waals surface area contributed by atoms with Gasteiger partial charge in [-0.05, 0) is 0 Å². The van der Waals surface area contributed by atoms with Gasteiger partial charge in [0.2, 0.25) is 0 Å². The number of hydrogen-bond donors (Lipinski definition) is 1. The maximum absolute atomic E-state index is 9.71. The summed E-state index contributed by atoms with van der Waals surface area (Å²) in [4.78, 5) is 9.71. The first-order valence-corrected chi connectivity index (χ1v) is 4.21. The first-order valence-electron chi connectivity index (χ1n) is 4.21. The Morgan fingerprint density at radius 2 is 1.75 bits per heavy atom. The van der Waals surface area contributed by atoms with Crippen LogP contribution in [0.3, 0.4) is 0 Å². The average Bonchev–Trinajstić information content (AvgIpc) is 2.15. The number of nitrogens with two attached hydrogens (primary N) is 1. The van der Waals surface area contributed by atoms with E-state index in [4.69, 9.17) is 15.2 Å². The summed E-state index contributed by atoms with van der Waals surface area (Å²) in [7, 11) is 0. The Kier molecular flexibility index (Phi) is 19.8. The molecule has 0 rings (SSSR count). The van der Waals surface area contributed by atoms with Crippen LogP contribution in [0.5, 0.6) is 0 Å². The van der Waals surface area contributed by atoms with Crippen molar-refractivity contribution in [1.82, 2.24) is 0 Å². The van der Waals surface area contributed by atoms with Crippen LogP contribution in [0.1, 0.15) is 13.8 Å². The van der Waals surface area contributed by atoms with Crippen LogP contribution in [0.15, 0.2) is 0 Å². The molecule has 0 aliphatic heterocycles. The number of hydrogen-bond acceptors (Lipinski definition) is 4.